The molecule has 5 nitrogen and oxygen atoms in total. The van der Waals surface area contributed by atoms with Gasteiger partial charge in [0.25, 0.3) is 0 Å². The Morgan fingerprint density at radius 2 is 1.71 bits per heavy atom. The molecule has 3 aromatic rings. The normalized spacial score (nSPS) is 22.6. The van der Waals surface area contributed by atoms with E-state index >= 15 is 0 Å². The van der Waals surface area contributed by atoms with Gasteiger partial charge in [0.2, 0.25) is 0 Å². The summed E-state index contributed by atoms with van der Waals surface area (Å²) in [7, 11) is 0. The second-order valence-electron chi connectivity index (χ2n) is 7.80. The lowest BCUT2D eigenvalue weighted by atomic mass is 9.69. The van der Waals surface area contributed by atoms with Crippen LogP contribution < -0.4 is 4.90 Å². The van der Waals surface area contributed by atoms with Crippen LogP contribution in [0, 0.1) is 28.1 Å². The lowest BCUT2D eigenvalue weighted by molar-refractivity contribution is 0.0951. The van der Waals surface area contributed by atoms with Gasteiger partial charge in [0, 0.05) is 29.6 Å². The summed E-state index contributed by atoms with van der Waals surface area (Å²) in [4.78, 5) is 20.1. The summed E-state index contributed by atoms with van der Waals surface area (Å²) in [5.74, 6) is -0.776. The Morgan fingerprint density at radius 1 is 0.968 bits per heavy atom. The maximum atomic E-state index is 13.9. The molecule has 1 fully saturated rings. The number of nitriles is 2. The van der Waals surface area contributed by atoms with E-state index in [0.29, 0.717) is 11.1 Å². The minimum absolute atomic E-state index is 0.114. The highest BCUT2D eigenvalue weighted by Crippen LogP contribution is 2.55. The standard InChI is InChI=1S/C26H18N4O/c27-16-26(17-28)22-13-12-18-7-4-5-11-21(18)30(22)24(23(26)20-10-6-14-29-15-20)25(31)19-8-2-1-3-9-19/h1-15,22-24H/t22-,23+,24+/m1/s1. The van der Waals surface area contributed by atoms with Gasteiger partial charge in [-0.25, -0.2) is 0 Å². The van der Waals surface area contributed by atoms with Gasteiger partial charge in [-0.1, -0.05) is 66.7 Å². The fourth-order valence-corrected chi connectivity index (χ4v) is 4.94. The third-order valence-electron chi connectivity index (χ3n) is 6.29. The number of fused-ring (bicyclic) bond motifs is 3. The average Bonchev–Trinajstić information content (AvgIpc) is 3.15. The fourth-order valence-electron chi connectivity index (χ4n) is 4.94. The number of para-hydroxylation sites is 1. The molecule has 0 radical (unpaired) electrons. The van der Waals surface area contributed by atoms with Crippen molar-refractivity contribution in [2.45, 2.75) is 18.0 Å². The zero-order valence-corrected chi connectivity index (χ0v) is 16.6. The van der Waals surface area contributed by atoms with E-state index in [9.17, 15) is 15.3 Å². The molecule has 0 bridgehead atoms. The lowest BCUT2D eigenvalue weighted by Gasteiger charge is -2.35. The van der Waals surface area contributed by atoms with Crippen molar-refractivity contribution in [2.24, 2.45) is 5.41 Å². The van der Waals surface area contributed by atoms with Crippen molar-refractivity contribution in [1.29, 1.82) is 10.5 Å². The van der Waals surface area contributed by atoms with Crippen LogP contribution in [-0.2, 0) is 0 Å². The summed E-state index contributed by atoms with van der Waals surface area (Å²) in [5, 5.41) is 20.7. The maximum Gasteiger partial charge on any atom is 0.185 e. The molecule has 0 amide bonds. The fraction of sp³-hybridized carbons (Fsp3) is 0.154. The first-order valence-corrected chi connectivity index (χ1v) is 10.1. The molecule has 5 rings (SSSR count). The molecule has 148 valence electrons. The van der Waals surface area contributed by atoms with Gasteiger partial charge in [-0.2, -0.15) is 10.5 Å². The van der Waals surface area contributed by atoms with Gasteiger partial charge in [0.15, 0.2) is 11.2 Å². The number of benzene rings is 2. The van der Waals surface area contributed by atoms with Crippen molar-refractivity contribution < 1.29 is 4.79 Å². The van der Waals surface area contributed by atoms with E-state index in [0.717, 1.165) is 11.3 Å². The molecule has 0 spiro atoms. The third kappa shape index (κ3) is 2.68. The minimum Gasteiger partial charge on any atom is -0.351 e. The summed E-state index contributed by atoms with van der Waals surface area (Å²) >= 11 is 0. The number of rotatable bonds is 3. The van der Waals surface area contributed by atoms with E-state index in [4.69, 9.17) is 0 Å². The molecule has 2 aromatic carbocycles. The van der Waals surface area contributed by atoms with Crippen LogP contribution in [-0.4, -0.2) is 22.9 Å². The second kappa shape index (κ2) is 7.23. The number of anilines is 1. The van der Waals surface area contributed by atoms with E-state index in [1.165, 1.54) is 0 Å². The molecule has 0 saturated carbocycles. The van der Waals surface area contributed by atoms with Crippen molar-refractivity contribution in [3.05, 3.63) is 102 Å². The van der Waals surface area contributed by atoms with E-state index in [1.54, 1.807) is 30.6 Å². The van der Waals surface area contributed by atoms with E-state index < -0.39 is 23.4 Å². The van der Waals surface area contributed by atoms with Crippen molar-refractivity contribution >= 4 is 17.5 Å². The number of carbonyl (C=O) groups excluding carboxylic acids is 1. The number of carbonyl (C=O) groups is 1. The van der Waals surface area contributed by atoms with Crippen LogP contribution in [0.2, 0.25) is 0 Å². The van der Waals surface area contributed by atoms with Gasteiger partial charge in [0.1, 0.15) is 6.04 Å². The smallest absolute Gasteiger partial charge is 0.185 e. The van der Waals surface area contributed by atoms with Crippen LogP contribution >= 0.6 is 0 Å². The molecule has 0 N–H and O–H groups in total. The topological polar surface area (TPSA) is 80.8 Å². The van der Waals surface area contributed by atoms with E-state index in [1.807, 2.05) is 65.6 Å². The molecular formula is C26H18N4O. The van der Waals surface area contributed by atoms with Gasteiger partial charge >= 0.3 is 0 Å². The molecule has 1 aromatic heterocycles. The van der Waals surface area contributed by atoms with Crippen LogP contribution in [0.4, 0.5) is 5.69 Å². The highest BCUT2D eigenvalue weighted by molar-refractivity contribution is 6.04. The number of Topliss-reactive ketones (excluding diaryl/α,β-unsaturated/α-hetero) is 1. The minimum atomic E-state index is -1.44. The van der Waals surface area contributed by atoms with Crippen LogP contribution in [0.5, 0.6) is 0 Å². The number of hydrogen-bond donors (Lipinski definition) is 0. The van der Waals surface area contributed by atoms with Crippen LogP contribution in [0.25, 0.3) is 6.08 Å². The number of pyridine rings is 1. The van der Waals surface area contributed by atoms with Crippen LogP contribution in [0.15, 0.2) is 85.2 Å². The van der Waals surface area contributed by atoms with Crippen molar-refractivity contribution in [1.82, 2.24) is 4.98 Å². The van der Waals surface area contributed by atoms with Crippen molar-refractivity contribution in [2.75, 3.05) is 4.90 Å². The zero-order chi connectivity index (χ0) is 21.4. The molecule has 0 aliphatic carbocycles. The van der Waals surface area contributed by atoms with Gasteiger partial charge in [-0.05, 0) is 23.3 Å². The van der Waals surface area contributed by atoms with Crippen LogP contribution in [0.1, 0.15) is 27.4 Å². The van der Waals surface area contributed by atoms with E-state index in [-0.39, 0.29) is 5.78 Å². The Morgan fingerprint density at radius 3 is 2.42 bits per heavy atom. The molecule has 5 heteroatoms. The Balaban J connectivity index is 1.79. The monoisotopic (exact) mass is 402 g/mol. The van der Waals surface area contributed by atoms with Gasteiger partial charge in [-0.3, -0.25) is 9.78 Å². The molecule has 0 unspecified atom stereocenters. The van der Waals surface area contributed by atoms with Gasteiger partial charge in [0.05, 0.1) is 18.2 Å². The number of nitrogens with zero attached hydrogens (tertiary/aromatic N) is 4. The first-order valence-electron chi connectivity index (χ1n) is 10.1. The largest absolute Gasteiger partial charge is 0.351 e. The molecule has 2 aliphatic heterocycles. The van der Waals surface area contributed by atoms with Crippen molar-refractivity contribution in [3.8, 4) is 12.1 Å². The Bertz CT molecular complexity index is 1240. The number of aromatic nitrogens is 1. The van der Waals surface area contributed by atoms with E-state index in [2.05, 4.69) is 17.1 Å². The molecule has 3 heterocycles. The second-order valence-corrected chi connectivity index (χ2v) is 7.80. The first-order chi connectivity index (χ1) is 15.2. The Hall–Kier alpha value is -4.22. The summed E-state index contributed by atoms with van der Waals surface area (Å²) in [6.07, 6.45) is 7.13. The molecule has 1 saturated heterocycles. The number of hydrogen-bond acceptors (Lipinski definition) is 5. The third-order valence-corrected chi connectivity index (χ3v) is 6.29. The Kier molecular flexibility index (Phi) is 4.38. The maximum absolute atomic E-state index is 13.9. The highest BCUT2D eigenvalue weighted by atomic mass is 16.1. The molecule has 31 heavy (non-hydrogen) atoms. The number of ketones is 1. The van der Waals surface area contributed by atoms with Crippen molar-refractivity contribution in [3.63, 3.8) is 0 Å². The zero-order valence-electron chi connectivity index (χ0n) is 16.6. The summed E-state index contributed by atoms with van der Waals surface area (Å²) in [5.41, 5.74) is 1.63. The molecule has 3 atom stereocenters. The summed E-state index contributed by atoms with van der Waals surface area (Å²) in [6.45, 7) is 0. The lowest BCUT2D eigenvalue weighted by Crippen LogP contribution is -2.44. The average molecular weight is 402 g/mol. The predicted molar refractivity (Wildman–Crippen MR) is 117 cm³/mol. The summed E-state index contributed by atoms with van der Waals surface area (Å²) < 4.78 is 0. The first kappa shape index (κ1) is 18.8. The van der Waals surface area contributed by atoms with Gasteiger partial charge in [-0.15, -0.1) is 0 Å². The van der Waals surface area contributed by atoms with Crippen LogP contribution in [0.3, 0.4) is 0 Å². The van der Waals surface area contributed by atoms with Gasteiger partial charge < -0.3 is 4.90 Å². The Labute approximate surface area is 180 Å². The SMILES string of the molecule is N#CC1(C#N)[C@@H](c2cccnc2)[C@@H](C(=O)c2ccccc2)N2c3ccccc3C=C[C@@H]21. The highest BCUT2D eigenvalue weighted by Gasteiger charge is 2.63. The quantitative estimate of drug-likeness (QED) is 0.608. The molecule has 2 aliphatic rings. The predicted octanol–water partition coefficient (Wildman–Crippen LogP) is 4.37. The summed E-state index contributed by atoms with van der Waals surface area (Å²) in [6, 6.07) is 23.8. The molecular weight excluding hydrogens is 384 g/mol.